The smallest absolute Gasteiger partial charge is 0.430 e. The van der Waals surface area contributed by atoms with E-state index in [0.29, 0.717) is 69.5 Å². The molecule has 0 aliphatic heterocycles. The number of anilines is 2. The minimum absolute atomic E-state index is 0. The van der Waals surface area contributed by atoms with Gasteiger partial charge in [-0.2, -0.15) is 26.7 Å². The van der Waals surface area contributed by atoms with Gasteiger partial charge in [-0.1, -0.05) is 86.3 Å². The number of alkyl halides is 3. The van der Waals surface area contributed by atoms with Gasteiger partial charge in [-0.15, -0.1) is 0 Å². The lowest BCUT2D eigenvalue weighted by Gasteiger charge is -2.16. The number of nitrogens with two attached hydrogens (primary N) is 1. The predicted molar refractivity (Wildman–Crippen MR) is 388 cm³/mol. The van der Waals surface area contributed by atoms with Crippen molar-refractivity contribution in [2.45, 2.75) is 39.8 Å². The Hall–Kier alpha value is -12.3. The van der Waals surface area contributed by atoms with E-state index in [1.165, 1.54) is 31.6 Å². The molecule has 0 aliphatic carbocycles. The first-order valence-electron chi connectivity index (χ1n) is 30.6. The van der Waals surface area contributed by atoms with Crippen molar-refractivity contribution in [2.24, 2.45) is 5.73 Å². The van der Waals surface area contributed by atoms with Crippen LogP contribution >= 0.6 is 25.1 Å². The fourth-order valence-electron chi connectivity index (χ4n) is 9.50. The van der Waals surface area contributed by atoms with Crippen molar-refractivity contribution in [1.82, 2.24) is 90.7 Å². The molecule has 9 heterocycles. The molecule has 31 heteroatoms. The number of amides is 3. The van der Waals surface area contributed by atoms with Crippen molar-refractivity contribution < 1.29 is 37.5 Å². The maximum Gasteiger partial charge on any atom is 0.430 e. The molecule has 3 aromatic carbocycles. The normalized spacial score (nSPS) is 10.8. The molecule has 12 aromatic rings. The van der Waals surface area contributed by atoms with E-state index in [-0.39, 0.29) is 37.1 Å². The number of carbonyl (C=O) groups excluding carboxylic acids is 4. The number of hydrogen-bond donors (Lipinski definition) is 6. The first-order valence-corrected chi connectivity index (χ1v) is 31.0. The lowest BCUT2D eigenvalue weighted by molar-refractivity contribution is -0.344. The Bertz CT molecular complexity index is 4890. The number of fused-ring (bicyclic) bond motifs is 3. The van der Waals surface area contributed by atoms with Crippen LogP contribution in [0.25, 0.3) is 77.6 Å². The zero-order valence-corrected chi connectivity index (χ0v) is 57.8. The SMILES string of the molecule is C=C(CN)c1cccc2c(C(=O)NC)ncnc12.C=C(CNc1cc(-c2ccc(C)nc2)ncn1)c1cccc2c(C(=O)NC)ncnc12.CNC(=O)c1ncnc2c([C@H](C)CNc3cc(-c4ccc(C)nc4)ncn3)cccc12.Cc1ccc(-c2cc(Cl)ncn2)cn1.O=C([O-])C(F)(F)F.S. The fraction of sp³-hybridized carbons (Fsp3) is 0.169. The first-order chi connectivity index (χ1) is 48.5. The van der Waals surface area contributed by atoms with Crippen molar-refractivity contribution >= 4 is 104 Å². The molecule has 0 saturated carbocycles. The van der Waals surface area contributed by atoms with Gasteiger partial charge in [0.05, 0.1) is 33.6 Å². The summed E-state index contributed by atoms with van der Waals surface area (Å²) >= 11 is 5.75. The second kappa shape index (κ2) is 36.5. The summed E-state index contributed by atoms with van der Waals surface area (Å²) in [4.78, 5) is 108. The number of pyridine rings is 3. The molecule has 0 fully saturated rings. The first kappa shape index (κ1) is 77.1. The Morgan fingerprint density at radius 2 is 0.873 bits per heavy atom. The highest BCUT2D eigenvalue weighted by atomic mass is 35.5. The lowest BCUT2D eigenvalue weighted by Crippen LogP contribution is -2.37. The number of aliphatic carboxylic acids is 1. The standard InChI is InChI=1S/C23H23N7O.C23H21N7O.C13H14N4O.C10H8ClN3.C2HF3O2.H2S/c2*1-14(17-5-4-6-18-21(17)29-13-30-22(18)23(31)24-3)10-26-20-9-19(27-12-28-20)16-8-7-15(2)25-11-16;1-8(6-14)9-4-3-5-10-11(9)16-7-17-12(10)13(18)15-2;1-7-2-3-8(5-12-7)9-4-10(11)14-6-13-9;3-2(4,5)1(6)7;/h4-9,11-14H,10H2,1-3H3,(H,24,31)(H,26,27,28);4-9,11-13H,1,10H2,2-3H3,(H,24,31)(H,26,27,28);3-5,7H,1,6,14H2,2H3,(H,15,18);2-6H,1H3;(H,6,7);1H2/p-1/t14-;;;;;/m1...../s1. The Morgan fingerprint density at radius 3 is 1.26 bits per heavy atom. The molecular weight excluding hydrogens is 1350 g/mol. The summed E-state index contributed by atoms with van der Waals surface area (Å²) in [5.41, 5.74) is 21.2. The topological polar surface area (TPSA) is 371 Å². The summed E-state index contributed by atoms with van der Waals surface area (Å²) in [5.74, 6) is -2.20. The average molecular weight is 1420 g/mol. The van der Waals surface area contributed by atoms with Crippen molar-refractivity contribution in [1.29, 1.82) is 0 Å². The van der Waals surface area contributed by atoms with Gasteiger partial charge in [-0.05, 0) is 73.9 Å². The molecule has 26 nitrogen and oxygen atoms in total. The monoisotopic (exact) mass is 1420 g/mol. The Labute approximate surface area is 595 Å². The molecule has 0 aliphatic rings. The van der Waals surface area contributed by atoms with Crippen LogP contribution in [0.3, 0.4) is 0 Å². The van der Waals surface area contributed by atoms with Crippen LogP contribution in [-0.2, 0) is 4.79 Å². The summed E-state index contributed by atoms with van der Waals surface area (Å²) in [6.45, 7) is 17.5. The van der Waals surface area contributed by atoms with Gasteiger partial charge in [0.1, 0.15) is 77.8 Å². The number of carbonyl (C=O) groups is 4. The molecule has 0 spiro atoms. The van der Waals surface area contributed by atoms with Crippen LogP contribution in [0, 0.1) is 20.8 Å². The van der Waals surface area contributed by atoms with Gasteiger partial charge in [-0.3, -0.25) is 29.3 Å². The zero-order chi connectivity index (χ0) is 72.8. The van der Waals surface area contributed by atoms with Gasteiger partial charge in [0.2, 0.25) is 0 Å². The van der Waals surface area contributed by atoms with Crippen molar-refractivity contribution in [3.8, 4) is 33.8 Å². The van der Waals surface area contributed by atoms with E-state index in [9.17, 15) is 27.6 Å². The summed E-state index contributed by atoms with van der Waals surface area (Å²) < 4.78 is 31.5. The molecular formula is C71H68ClF3N21O5S-. The number of nitrogens with zero attached hydrogens (tertiary/aromatic N) is 15. The van der Waals surface area contributed by atoms with Gasteiger partial charge in [0.15, 0.2) is 0 Å². The van der Waals surface area contributed by atoms with E-state index in [4.69, 9.17) is 27.2 Å². The van der Waals surface area contributed by atoms with E-state index < -0.39 is 12.1 Å². The Balaban J connectivity index is 0.000000191. The van der Waals surface area contributed by atoms with E-state index in [1.807, 2.05) is 130 Å². The molecule has 0 unspecified atom stereocenters. The van der Waals surface area contributed by atoms with Crippen molar-refractivity contribution in [2.75, 3.05) is 51.4 Å². The van der Waals surface area contributed by atoms with Gasteiger partial charge in [0.25, 0.3) is 17.7 Å². The number of nitrogens with one attached hydrogen (secondary N) is 5. The van der Waals surface area contributed by atoms with Gasteiger partial charge >= 0.3 is 6.18 Å². The largest absolute Gasteiger partial charge is 0.542 e. The molecule has 522 valence electrons. The maximum atomic E-state index is 12.2. The second-order valence-electron chi connectivity index (χ2n) is 21.8. The Morgan fingerprint density at radius 1 is 0.500 bits per heavy atom. The molecule has 0 radical (unpaired) electrons. The number of hydrogen-bond acceptors (Lipinski definition) is 23. The number of benzene rings is 3. The number of carboxylic acid groups (broad SMARTS) is 1. The highest BCUT2D eigenvalue weighted by Crippen LogP contribution is 2.29. The fourth-order valence-corrected chi connectivity index (χ4v) is 9.64. The third-order valence-electron chi connectivity index (χ3n) is 14.8. The number of carboxylic acids is 1. The van der Waals surface area contributed by atoms with E-state index in [0.717, 1.165) is 95.4 Å². The van der Waals surface area contributed by atoms with Crippen LogP contribution in [-0.4, -0.2) is 145 Å². The Kier molecular flexibility index (Phi) is 27.6. The third kappa shape index (κ3) is 20.4. The minimum atomic E-state index is -5.19. The third-order valence-corrected chi connectivity index (χ3v) is 15.0. The van der Waals surface area contributed by atoms with Crippen molar-refractivity contribution in [3.05, 3.63) is 235 Å². The molecule has 3 amide bonds. The average Bonchev–Trinajstić information content (AvgIpc) is 0.802. The summed E-state index contributed by atoms with van der Waals surface area (Å²) in [6.07, 6.45) is 8.88. The van der Waals surface area contributed by atoms with E-state index in [1.54, 1.807) is 45.9 Å². The van der Waals surface area contributed by atoms with Crippen molar-refractivity contribution in [3.63, 3.8) is 0 Å². The summed E-state index contributed by atoms with van der Waals surface area (Å²) in [7, 11) is 4.74. The number of para-hydroxylation sites is 3. The van der Waals surface area contributed by atoms with Crippen LogP contribution in [0.2, 0.25) is 5.15 Å². The number of rotatable bonds is 16. The predicted octanol–water partition coefficient (Wildman–Crippen LogP) is 9.51. The van der Waals surface area contributed by atoms with Gasteiger partial charge in [0, 0.05) is 145 Å². The van der Waals surface area contributed by atoms with Crippen LogP contribution in [0.4, 0.5) is 24.8 Å². The van der Waals surface area contributed by atoms with Gasteiger partial charge in [-0.25, -0.2) is 59.8 Å². The number of halogens is 4. The molecule has 0 bridgehead atoms. The van der Waals surface area contributed by atoms with E-state index >= 15 is 0 Å². The van der Waals surface area contributed by atoms with Crippen LogP contribution in [0.1, 0.15) is 78.1 Å². The minimum Gasteiger partial charge on any atom is -0.542 e. The molecule has 12 rings (SSSR count). The van der Waals surface area contributed by atoms with E-state index in [2.05, 4.69) is 121 Å². The molecule has 1 atom stereocenters. The van der Waals surface area contributed by atoms with Gasteiger partial charge < -0.3 is 42.2 Å². The molecule has 0 saturated heterocycles. The summed E-state index contributed by atoms with van der Waals surface area (Å²) in [5, 5.41) is 25.8. The van der Waals surface area contributed by atoms with Crippen LogP contribution in [0.15, 0.2) is 179 Å². The summed E-state index contributed by atoms with van der Waals surface area (Å²) in [6, 6.07) is 34.3. The highest BCUT2D eigenvalue weighted by molar-refractivity contribution is 7.59. The quantitative estimate of drug-likeness (QED) is 0.0490. The second-order valence-corrected chi connectivity index (χ2v) is 22.1. The molecule has 7 N–H and O–H groups in total. The number of aryl methyl sites for hydroxylation is 3. The van der Waals surface area contributed by atoms with Crippen LogP contribution < -0.4 is 37.4 Å². The molecule has 9 aromatic heterocycles. The number of aromatic nitrogens is 15. The highest BCUT2D eigenvalue weighted by Gasteiger charge is 2.29. The molecule has 102 heavy (non-hydrogen) atoms. The lowest BCUT2D eigenvalue weighted by atomic mass is 9.97. The maximum absolute atomic E-state index is 12.2. The zero-order valence-electron chi connectivity index (χ0n) is 56.0. The van der Waals surface area contributed by atoms with Crippen LogP contribution in [0.5, 0.6) is 0 Å².